The summed E-state index contributed by atoms with van der Waals surface area (Å²) >= 11 is 0. The van der Waals surface area contributed by atoms with E-state index in [1.54, 1.807) is 56.4 Å². The Morgan fingerprint density at radius 2 is 0.435 bits per heavy atom. The summed E-state index contributed by atoms with van der Waals surface area (Å²) in [6.45, 7) is 48.0. The molecule has 0 spiro atoms. The van der Waals surface area contributed by atoms with E-state index in [9.17, 15) is 57.5 Å². The molecule has 18 rings (SSSR count). The summed E-state index contributed by atoms with van der Waals surface area (Å²) < 4.78 is 31.4. The molecule has 6 aliphatic carbocycles. The molecule has 6 aromatic carbocycles. The first-order valence-corrected chi connectivity index (χ1v) is 50.3. The molecule has 0 saturated heterocycles. The molecule has 6 fully saturated rings. The average Bonchev–Trinajstić information content (AvgIpc) is 1.74. The number of hydrogen-bond donors (Lipinski definition) is 0. The SMILES string of the molecule is CC.CC.CC.CC.CC.CC.CC.CC.CC.CC.CC.CC.O=C1CC(=O)CC(c2ccc(-c3ccco3)cc2)C1.O=C1CC(=O)CC(c2ccc(-c3ccoc3)cc2)C1.O=C1CC(=O)CC(c2cccc(-c3ccco3)c2)C1.O=C1CC(=O)CC(c2cccc(-c3ccoc3)c2)C1.O=C1CC(=O)CC(c2ccccc2-c2ccco2)C1.O=C1CC(=O)CC(c2ccccc2-c2ccoc2)C1. The molecule has 0 bridgehead atoms. The molecule has 6 saturated carbocycles. The zero-order chi connectivity index (χ0) is 103. The fourth-order valence-electron chi connectivity index (χ4n) is 15.9. The standard InChI is InChI=1S/6C16H14O3.12C2H6/c17-15-7-14(8-16(18)9-15)12-3-1-11(2-4-12)13-5-6-19-10-13;17-14-8-13(9-15(18)10-14)11-3-1-4-12(7-11)16-5-2-6-19-16;17-14-8-13(9-15(18)10-14)11-3-5-12(6-4-11)16-2-1-7-19-16;17-12-8-11(9-13(18)10-12)14-4-1-2-5-15(14)16-6-3-7-19-16;17-15-7-14(8-16(18)9-15)12-3-1-2-11(6-12)13-4-5-19-10-13;17-13-7-12(8-14(18)9-13)16-4-2-1-3-15(16)11-5-6-19-10-11;12*1-2/h1-6,10,14H,7-9H2;2*1-7,13H,8-10H2;1-7,11H,8-10H2;1-6,10,14H,7-9H2;1-6,10,12H,7-9H2;12*1-2H3. The highest BCUT2D eigenvalue weighted by atomic mass is 16.3. The smallest absolute Gasteiger partial charge is 0.140 e. The fraction of sp³-hybridized carbons (Fsp3) is 0.400. The van der Waals surface area contributed by atoms with E-state index in [0.29, 0.717) is 77.0 Å². The number of Topliss-reactive ketones (excluding diaryl/α,β-unsaturated/α-hetero) is 12. The Bertz CT molecular complexity index is 4940. The van der Waals surface area contributed by atoms with Crippen molar-refractivity contribution < 1.29 is 84.0 Å². The zero-order valence-electron chi connectivity index (χ0n) is 86.8. The number of furan rings is 6. The summed E-state index contributed by atoms with van der Waals surface area (Å²) in [6, 6.07) is 64.4. The largest absolute Gasteiger partial charge is 0.472 e. The molecule has 138 heavy (non-hydrogen) atoms. The van der Waals surface area contributed by atoms with Crippen LogP contribution < -0.4 is 0 Å². The summed E-state index contributed by atoms with van der Waals surface area (Å²) in [6.07, 6.45) is 21.1. The van der Waals surface area contributed by atoms with Gasteiger partial charge in [-0.2, -0.15) is 0 Å². The van der Waals surface area contributed by atoms with Crippen LogP contribution in [0.15, 0.2) is 283 Å². The van der Waals surface area contributed by atoms with E-state index in [1.807, 2.05) is 366 Å². The fourth-order valence-corrected chi connectivity index (χ4v) is 15.9. The molecular formula is C120H156O18. The first kappa shape index (κ1) is 123. The predicted octanol–water partition coefficient (Wildman–Crippen LogP) is 32.4. The lowest BCUT2D eigenvalue weighted by Crippen LogP contribution is -2.21. The molecule has 0 unspecified atom stereocenters. The normalized spacial score (nSPS) is 14.4. The zero-order valence-corrected chi connectivity index (χ0v) is 86.8. The molecule has 6 aliphatic rings. The molecule has 12 aromatic rings. The van der Waals surface area contributed by atoms with Crippen molar-refractivity contribution in [3.63, 3.8) is 0 Å². The maximum absolute atomic E-state index is 11.6. The van der Waals surface area contributed by atoms with Crippen LogP contribution in [-0.4, -0.2) is 69.4 Å². The van der Waals surface area contributed by atoms with Gasteiger partial charge >= 0.3 is 0 Å². The molecule has 0 atom stereocenters. The van der Waals surface area contributed by atoms with Gasteiger partial charge in [-0.3, -0.25) is 57.5 Å². The van der Waals surface area contributed by atoms with E-state index in [4.69, 9.17) is 26.5 Å². The lowest BCUT2D eigenvalue weighted by Gasteiger charge is -2.22. The van der Waals surface area contributed by atoms with E-state index >= 15 is 0 Å². The van der Waals surface area contributed by atoms with Gasteiger partial charge in [0.2, 0.25) is 0 Å². The topological polar surface area (TPSA) is 284 Å². The van der Waals surface area contributed by atoms with Crippen LogP contribution in [0.25, 0.3) is 67.4 Å². The predicted molar refractivity (Wildman–Crippen MR) is 561 cm³/mol. The summed E-state index contributed by atoms with van der Waals surface area (Å²) in [5, 5.41) is 0. The summed E-state index contributed by atoms with van der Waals surface area (Å²) in [5.74, 6) is 3.09. The monoisotopic (exact) mass is 1890 g/mol. The molecule has 0 N–H and O–H groups in total. The lowest BCUT2D eigenvalue weighted by atomic mass is 9.80. The molecule has 0 amide bonds. The Morgan fingerprint density at radius 1 is 0.181 bits per heavy atom. The van der Waals surface area contributed by atoms with Crippen LogP contribution in [0.2, 0.25) is 0 Å². The maximum atomic E-state index is 11.6. The average molecular weight is 1890 g/mol. The van der Waals surface area contributed by atoms with Gasteiger partial charge in [0.05, 0.1) is 94.9 Å². The summed E-state index contributed by atoms with van der Waals surface area (Å²) in [5.41, 5.74) is 15.4. The Hall–Kier alpha value is -13.0. The Kier molecular flexibility index (Phi) is 64.6. The van der Waals surface area contributed by atoms with Gasteiger partial charge < -0.3 is 26.5 Å². The molecule has 6 heterocycles. The van der Waals surface area contributed by atoms with E-state index < -0.39 is 0 Å². The van der Waals surface area contributed by atoms with Crippen LogP contribution in [0.1, 0.15) is 351 Å². The quantitative estimate of drug-likeness (QED) is 0.103. The van der Waals surface area contributed by atoms with Crippen molar-refractivity contribution >= 4 is 69.4 Å². The van der Waals surface area contributed by atoms with Gasteiger partial charge in [-0.25, -0.2) is 0 Å². The Labute approximate surface area is 823 Å². The van der Waals surface area contributed by atoms with Gasteiger partial charge in [0, 0.05) is 110 Å². The minimum atomic E-state index is -0.0185. The van der Waals surface area contributed by atoms with Crippen LogP contribution in [-0.2, 0) is 57.5 Å². The van der Waals surface area contributed by atoms with Crippen molar-refractivity contribution in [1.82, 2.24) is 0 Å². The molecular weight excluding hydrogens is 1730 g/mol. The maximum Gasteiger partial charge on any atom is 0.140 e. The van der Waals surface area contributed by atoms with E-state index in [-0.39, 0.29) is 143 Å². The second-order valence-electron chi connectivity index (χ2n) is 29.8. The molecule has 18 heteroatoms. The Balaban J connectivity index is 0.000000791. The minimum absolute atomic E-state index is 0.000139. The third-order valence-corrected chi connectivity index (χ3v) is 21.3. The van der Waals surface area contributed by atoms with Crippen molar-refractivity contribution in [3.05, 3.63) is 290 Å². The van der Waals surface area contributed by atoms with E-state index in [1.165, 1.54) is 0 Å². The number of rotatable bonds is 12. The van der Waals surface area contributed by atoms with Gasteiger partial charge in [0.25, 0.3) is 0 Å². The van der Waals surface area contributed by atoms with E-state index in [0.717, 1.165) is 101 Å². The van der Waals surface area contributed by atoms with Crippen molar-refractivity contribution in [2.45, 2.75) is 317 Å². The van der Waals surface area contributed by atoms with Crippen molar-refractivity contribution in [1.29, 1.82) is 0 Å². The highest BCUT2D eigenvalue weighted by Crippen LogP contribution is 2.41. The van der Waals surface area contributed by atoms with Gasteiger partial charge in [0.15, 0.2) is 0 Å². The van der Waals surface area contributed by atoms with E-state index in [2.05, 4.69) is 0 Å². The molecule has 0 radical (unpaired) electrons. The minimum Gasteiger partial charge on any atom is -0.472 e. The van der Waals surface area contributed by atoms with Gasteiger partial charge in [0.1, 0.15) is 86.7 Å². The van der Waals surface area contributed by atoms with Crippen molar-refractivity contribution in [2.24, 2.45) is 0 Å². The number of carbonyl (C=O) groups is 12. The number of ketones is 12. The highest BCUT2D eigenvalue weighted by molar-refractivity contribution is 6.06. The first-order chi connectivity index (χ1) is 67.4. The third kappa shape index (κ3) is 41.1. The lowest BCUT2D eigenvalue weighted by molar-refractivity contribution is -0.131. The van der Waals surface area contributed by atoms with Gasteiger partial charge in [-0.15, -0.1) is 0 Å². The van der Waals surface area contributed by atoms with Crippen LogP contribution in [0, 0.1) is 0 Å². The van der Waals surface area contributed by atoms with Crippen molar-refractivity contribution in [2.75, 3.05) is 0 Å². The number of benzene rings is 6. The van der Waals surface area contributed by atoms with Crippen LogP contribution >= 0.6 is 0 Å². The van der Waals surface area contributed by atoms with Crippen LogP contribution in [0.5, 0.6) is 0 Å². The number of hydrogen-bond acceptors (Lipinski definition) is 18. The van der Waals surface area contributed by atoms with Gasteiger partial charge in [-0.1, -0.05) is 306 Å². The Morgan fingerprint density at radius 3 is 0.746 bits per heavy atom. The highest BCUT2D eigenvalue weighted by Gasteiger charge is 2.33. The van der Waals surface area contributed by atoms with Gasteiger partial charge in [-0.05, 0) is 146 Å². The second-order valence-corrected chi connectivity index (χ2v) is 29.8. The molecule has 744 valence electrons. The molecule has 6 aromatic heterocycles. The number of carbonyl (C=O) groups excluding carboxylic acids is 12. The van der Waals surface area contributed by atoms with Crippen molar-refractivity contribution in [3.8, 4) is 67.4 Å². The third-order valence-electron chi connectivity index (χ3n) is 21.3. The summed E-state index contributed by atoms with van der Waals surface area (Å²) in [7, 11) is 0. The first-order valence-electron chi connectivity index (χ1n) is 50.3. The molecule has 18 nitrogen and oxygen atoms in total. The van der Waals surface area contributed by atoms with Crippen LogP contribution in [0.3, 0.4) is 0 Å². The van der Waals surface area contributed by atoms with Crippen LogP contribution in [0.4, 0.5) is 0 Å². The summed E-state index contributed by atoms with van der Waals surface area (Å²) in [4.78, 5) is 138. The second kappa shape index (κ2) is 72.4. The molecule has 0 aliphatic heterocycles.